The lowest BCUT2D eigenvalue weighted by atomic mass is 10.1. The molecule has 0 aliphatic carbocycles. The van der Waals surface area contributed by atoms with E-state index in [-0.39, 0.29) is 12.3 Å². The first-order chi connectivity index (χ1) is 8.13. The molecule has 0 aliphatic heterocycles. The summed E-state index contributed by atoms with van der Waals surface area (Å²) >= 11 is 3.96. The predicted molar refractivity (Wildman–Crippen MR) is 68.2 cm³/mol. The molecule has 2 N–H and O–H groups in total. The Morgan fingerprint density at radius 3 is 2.47 bits per heavy atom. The van der Waals surface area contributed by atoms with Crippen LogP contribution in [0.5, 0.6) is 0 Å². The minimum Gasteiger partial charge on any atom is -0.480 e. The van der Waals surface area contributed by atoms with Gasteiger partial charge in [0.25, 0.3) is 0 Å². The molecule has 0 aliphatic rings. The Balaban J connectivity index is 2.51. The number of hydrogen-bond donors (Lipinski definition) is 3. The zero-order chi connectivity index (χ0) is 12.7. The van der Waals surface area contributed by atoms with Crippen LogP contribution >= 0.6 is 12.6 Å². The fraction of sp³-hybridized carbons (Fsp3) is 0.333. The van der Waals surface area contributed by atoms with E-state index in [4.69, 9.17) is 5.11 Å². The summed E-state index contributed by atoms with van der Waals surface area (Å²) in [4.78, 5) is 22.4. The van der Waals surface area contributed by atoms with Crippen molar-refractivity contribution < 1.29 is 14.7 Å². The van der Waals surface area contributed by atoms with Gasteiger partial charge in [-0.05, 0) is 17.7 Å². The van der Waals surface area contributed by atoms with Gasteiger partial charge in [-0.2, -0.15) is 12.6 Å². The van der Waals surface area contributed by atoms with E-state index in [0.717, 1.165) is 5.56 Å². The van der Waals surface area contributed by atoms with Gasteiger partial charge in [0, 0.05) is 0 Å². The van der Waals surface area contributed by atoms with Gasteiger partial charge in [-0.25, -0.2) is 4.79 Å². The zero-order valence-electron chi connectivity index (χ0n) is 9.30. The van der Waals surface area contributed by atoms with Crippen molar-refractivity contribution in [2.24, 2.45) is 0 Å². The number of benzene rings is 1. The molecule has 0 fully saturated rings. The van der Waals surface area contributed by atoms with Crippen LogP contribution in [0, 0.1) is 0 Å². The van der Waals surface area contributed by atoms with Crippen LogP contribution in [0.1, 0.15) is 12.0 Å². The number of rotatable bonds is 6. The van der Waals surface area contributed by atoms with Crippen LogP contribution in [-0.4, -0.2) is 28.8 Å². The Hall–Kier alpha value is -1.49. The SMILES string of the molecule is O=C(Cc1ccccc1)NC(CCS)C(=O)O. The van der Waals surface area contributed by atoms with Crippen molar-refractivity contribution in [1.82, 2.24) is 5.32 Å². The van der Waals surface area contributed by atoms with Crippen LogP contribution in [0.2, 0.25) is 0 Å². The fourth-order valence-corrected chi connectivity index (χ4v) is 1.67. The maximum atomic E-state index is 11.6. The molecule has 1 amide bonds. The number of nitrogens with one attached hydrogen (secondary N) is 1. The van der Waals surface area contributed by atoms with Crippen LogP contribution in [-0.2, 0) is 16.0 Å². The highest BCUT2D eigenvalue weighted by Gasteiger charge is 2.18. The molecule has 5 heteroatoms. The third kappa shape index (κ3) is 4.91. The average molecular weight is 253 g/mol. The summed E-state index contributed by atoms with van der Waals surface area (Å²) in [6, 6.07) is 8.34. The summed E-state index contributed by atoms with van der Waals surface area (Å²) < 4.78 is 0. The molecule has 1 aromatic carbocycles. The topological polar surface area (TPSA) is 66.4 Å². The highest BCUT2D eigenvalue weighted by molar-refractivity contribution is 7.80. The van der Waals surface area contributed by atoms with Gasteiger partial charge in [-0.15, -0.1) is 0 Å². The standard InChI is InChI=1S/C12H15NO3S/c14-11(8-9-4-2-1-3-5-9)13-10(6-7-17)12(15)16/h1-5,10,17H,6-8H2,(H,13,14)(H,15,16). The number of amides is 1. The third-order valence-electron chi connectivity index (χ3n) is 2.26. The van der Waals surface area contributed by atoms with Crippen molar-refractivity contribution in [3.05, 3.63) is 35.9 Å². The van der Waals surface area contributed by atoms with Gasteiger partial charge in [-0.1, -0.05) is 30.3 Å². The molecule has 0 bridgehead atoms. The number of aliphatic carboxylic acids is 1. The monoisotopic (exact) mass is 253 g/mol. The normalized spacial score (nSPS) is 11.8. The molecule has 92 valence electrons. The molecule has 4 nitrogen and oxygen atoms in total. The summed E-state index contributed by atoms with van der Waals surface area (Å²) in [5.41, 5.74) is 0.861. The molecule has 0 saturated heterocycles. The van der Waals surface area contributed by atoms with E-state index in [1.54, 1.807) is 0 Å². The Morgan fingerprint density at radius 2 is 1.94 bits per heavy atom. The summed E-state index contributed by atoms with van der Waals surface area (Å²) in [5.74, 6) is -0.895. The van der Waals surface area contributed by atoms with Crippen molar-refractivity contribution in [2.45, 2.75) is 18.9 Å². The van der Waals surface area contributed by atoms with E-state index in [0.29, 0.717) is 12.2 Å². The van der Waals surface area contributed by atoms with Crippen LogP contribution in [0.15, 0.2) is 30.3 Å². The van der Waals surface area contributed by atoms with Crippen LogP contribution in [0.3, 0.4) is 0 Å². The smallest absolute Gasteiger partial charge is 0.326 e. The molecule has 17 heavy (non-hydrogen) atoms. The Morgan fingerprint density at radius 1 is 1.29 bits per heavy atom. The van der Waals surface area contributed by atoms with Crippen LogP contribution in [0.4, 0.5) is 0 Å². The predicted octanol–water partition coefficient (Wildman–Crippen LogP) is 1.12. The molecule has 1 rings (SSSR count). The van der Waals surface area contributed by atoms with Gasteiger partial charge in [0.05, 0.1) is 6.42 Å². The largest absolute Gasteiger partial charge is 0.480 e. The van der Waals surface area contributed by atoms with Crippen molar-refractivity contribution in [1.29, 1.82) is 0 Å². The Kier molecular flexibility index (Phi) is 5.56. The van der Waals surface area contributed by atoms with Gasteiger partial charge in [-0.3, -0.25) is 4.79 Å². The molecule has 0 radical (unpaired) electrons. The van der Waals surface area contributed by atoms with Gasteiger partial charge < -0.3 is 10.4 Å². The van der Waals surface area contributed by atoms with E-state index >= 15 is 0 Å². The van der Waals surface area contributed by atoms with Crippen molar-refractivity contribution in [3.63, 3.8) is 0 Å². The van der Waals surface area contributed by atoms with E-state index in [1.807, 2.05) is 30.3 Å². The first-order valence-electron chi connectivity index (χ1n) is 5.30. The molecular weight excluding hydrogens is 238 g/mol. The Bertz CT molecular complexity index is 381. The van der Waals surface area contributed by atoms with Crippen molar-refractivity contribution >= 4 is 24.5 Å². The third-order valence-corrected chi connectivity index (χ3v) is 2.52. The fourth-order valence-electron chi connectivity index (χ4n) is 1.41. The quantitative estimate of drug-likeness (QED) is 0.666. The number of thiol groups is 1. The number of carbonyl (C=O) groups is 2. The van der Waals surface area contributed by atoms with Crippen LogP contribution in [0.25, 0.3) is 0 Å². The second kappa shape index (κ2) is 6.96. The van der Waals surface area contributed by atoms with Gasteiger partial charge in [0.2, 0.25) is 5.91 Å². The van der Waals surface area contributed by atoms with E-state index in [1.165, 1.54) is 0 Å². The van der Waals surface area contributed by atoms with Crippen molar-refractivity contribution in [3.8, 4) is 0 Å². The van der Waals surface area contributed by atoms with Crippen LogP contribution < -0.4 is 5.32 Å². The maximum absolute atomic E-state index is 11.6. The molecule has 0 spiro atoms. The number of hydrogen-bond acceptors (Lipinski definition) is 3. The molecule has 1 atom stereocenters. The molecule has 0 saturated carbocycles. The molecule has 1 unspecified atom stereocenters. The lowest BCUT2D eigenvalue weighted by Crippen LogP contribution is -2.41. The summed E-state index contributed by atoms with van der Waals surface area (Å²) in [6.07, 6.45) is 0.510. The average Bonchev–Trinajstić information content (AvgIpc) is 2.29. The van der Waals surface area contributed by atoms with E-state index < -0.39 is 12.0 Å². The number of carboxylic acid groups (broad SMARTS) is 1. The van der Waals surface area contributed by atoms with Gasteiger partial charge >= 0.3 is 5.97 Å². The molecule has 1 aromatic rings. The first-order valence-corrected chi connectivity index (χ1v) is 5.93. The molecule has 0 heterocycles. The molecular formula is C12H15NO3S. The van der Waals surface area contributed by atoms with Crippen molar-refractivity contribution in [2.75, 3.05) is 5.75 Å². The summed E-state index contributed by atoms with van der Waals surface area (Å²) in [5, 5.41) is 11.3. The Labute approximate surface area is 105 Å². The van der Waals surface area contributed by atoms with E-state index in [2.05, 4.69) is 17.9 Å². The first kappa shape index (κ1) is 13.6. The second-order valence-electron chi connectivity index (χ2n) is 3.63. The number of carbonyl (C=O) groups excluding carboxylic acids is 1. The minimum atomic E-state index is -1.03. The van der Waals surface area contributed by atoms with Gasteiger partial charge in [0.15, 0.2) is 0 Å². The lowest BCUT2D eigenvalue weighted by molar-refractivity contribution is -0.141. The van der Waals surface area contributed by atoms with E-state index in [9.17, 15) is 9.59 Å². The summed E-state index contributed by atoms with van der Waals surface area (Å²) in [7, 11) is 0. The van der Waals surface area contributed by atoms with Gasteiger partial charge in [0.1, 0.15) is 6.04 Å². The summed E-state index contributed by atoms with van der Waals surface area (Å²) in [6.45, 7) is 0. The molecule has 0 aromatic heterocycles. The number of carboxylic acids is 1. The highest BCUT2D eigenvalue weighted by atomic mass is 32.1. The lowest BCUT2D eigenvalue weighted by Gasteiger charge is -2.13. The minimum absolute atomic E-state index is 0.192. The second-order valence-corrected chi connectivity index (χ2v) is 4.08. The maximum Gasteiger partial charge on any atom is 0.326 e. The highest BCUT2D eigenvalue weighted by Crippen LogP contribution is 2.01. The zero-order valence-corrected chi connectivity index (χ0v) is 10.2.